The highest BCUT2D eigenvalue weighted by atomic mass is 15.1. The molecule has 0 saturated heterocycles. The van der Waals surface area contributed by atoms with Gasteiger partial charge in [0.25, 0.3) is 0 Å². The summed E-state index contributed by atoms with van der Waals surface area (Å²) < 4.78 is 0. The lowest BCUT2D eigenvalue weighted by Gasteiger charge is -2.34. The van der Waals surface area contributed by atoms with Gasteiger partial charge in [0.2, 0.25) is 0 Å². The highest BCUT2D eigenvalue weighted by Crippen LogP contribution is 2.35. The van der Waals surface area contributed by atoms with Crippen molar-refractivity contribution in [3.63, 3.8) is 0 Å². The number of pyridine rings is 1. The highest BCUT2D eigenvalue weighted by molar-refractivity contribution is 5.76. The second-order valence-corrected chi connectivity index (χ2v) is 10.9. The van der Waals surface area contributed by atoms with Gasteiger partial charge in [0.1, 0.15) is 5.82 Å². The molecule has 1 aliphatic rings. The summed E-state index contributed by atoms with van der Waals surface area (Å²) in [4.78, 5) is 8.92. The molecular weight excluding hydrogens is 488 g/mol. The summed E-state index contributed by atoms with van der Waals surface area (Å²) >= 11 is 0. The van der Waals surface area contributed by atoms with Gasteiger partial charge in [0.15, 0.2) is 0 Å². The first-order valence-electron chi connectivity index (χ1n) is 14.3. The number of anilines is 3. The minimum absolute atomic E-state index is 0.515. The normalized spacial score (nSPS) is 13.4. The number of aromatic nitrogens is 1. The van der Waals surface area contributed by atoms with Crippen molar-refractivity contribution in [2.24, 2.45) is 5.92 Å². The predicted octanol–water partition coefficient (Wildman–Crippen LogP) is 9.00. The fourth-order valence-electron chi connectivity index (χ4n) is 5.48. The molecule has 0 atom stereocenters. The van der Waals surface area contributed by atoms with Gasteiger partial charge >= 0.3 is 0 Å². The quantitative estimate of drug-likeness (QED) is 0.222. The van der Waals surface area contributed by atoms with Gasteiger partial charge in [-0.25, -0.2) is 4.98 Å². The molecule has 1 fully saturated rings. The van der Waals surface area contributed by atoms with E-state index in [1.165, 1.54) is 60.2 Å². The molecule has 1 aliphatic carbocycles. The van der Waals surface area contributed by atoms with Crippen molar-refractivity contribution in [2.45, 2.75) is 38.6 Å². The van der Waals surface area contributed by atoms with Gasteiger partial charge in [-0.3, -0.25) is 0 Å². The van der Waals surface area contributed by atoms with Gasteiger partial charge in [0, 0.05) is 49.6 Å². The number of nitrogens with zero attached hydrogens (tertiary/aromatic N) is 3. The van der Waals surface area contributed by atoms with Crippen LogP contribution < -0.4 is 15.1 Å². The van der Waals surface area contributed by atoms with Crippen LogP contribution in [0.2, 0.25) is 0 Å². The molecule has 4 nitrogen and oxygen atoms in total. The summed E-state index contributed by atoms with van der Waals surface area (Å²) in [5.74, 6) is 1.31. The fourth-order valence-corrected chi connectivity index (χ4v) is 5.48. The first-order chi connectivity index (χ1) is 19.5. The summed E-state index contributed by atoms with van der Waals surface area (Å²) in [6.07, 6.45) is 8.10. The van der Waals surface area contributed by atoms with E-state index in [2.05, 4.69) is 120 Å². The summed E-state index contributed by atoms with van der Waals surface area (Å²) in [6, 6.07) is 32.1. The Morgan fingerprint density at radius 2 is 1.50 bits per heavy atom. The number of allylic oxidation sites excluding steroid dienone is 1. The minimum Gasteiger partial charge on any atom is -0.378 e. The van der Waals surface area contributed by atoms with E-state index in [9.17, 15) is 0 Å². The largest absolute Gasteiger partial charge is 0.378 e. The molecule has 0 spiro atoms. The van der Waals surface area contributed by atoms with Gasteiger partial charge < -0.3 is 15.1 Å². The standard InChI is InChI=1S/C36H40N4/c1-27(38-36-15-8-9-24-37-36)33-13-10-14-35(25-33)40(28(2)30-11-6-5-7-12-30)26-29-16-18-31(19-17-29)32-20-22-34(23-21-32)39(3)4/h8-10,13-25,30H,1-2,5-7,11-12,26H2,3-4H3,(H,37,38). The first-order valence-corrected chi connectivity index (χ1v) is 14.3. The third-order valence-corrected chi connectivity index (χ3v) is 7.88. The molecule has 4 heteroatoms. The van der Waals surface area contributed by atoms with Crippen LogP contribution in [0.15, 0.2) is 116 Å². The molecule has 0 bridgehead atoms. The Labute approximate surface area is 239 Å². The van der Waals surface area contributed by atoms with Crippen LogP contribution in [0.25, 0.3) is 16.8 Å². The van der Waals surface area contributed by atoms with E-state index in [0.717, 1.165) is 29.3 Å². The van der Waals surface area contributed by atoms with E-state index >= 15 is 0 Å². The van der Waals surface area contributed by atoms with Crippen molar-refractivity contribution in [3.8, 4) is 11.1 Å². The van der Waals surface area contributed by atoms with E-state index in [-0.39, 0.29) is 0 Å². The van der Waals surface area contributed by atoms with Crippen LogP contribution in [0.4, 0.5) is 17.2 Å². The van der Waals surface area contributed by atoms with Crippen molar-refractivity contribution >= 4 is 22.9 Å². The maximum atomic E-state index is 4.65. The summed E-state index contributed by atoms with van der Waals surface area (Å²) in [5, 5.41) is 3.35. The fraction of sp³-hybridized carbons (Fsp3) is 0.250. The monoisotopic (exact) mass is 528 g/mol. The summed E-state index contributed by atoms with van der Waals surface area (Å²) in [6.45, 7) is 9.73. The zero-order chi connectivity index (χ0) is 27.9. The van der Waals surface area contributed by atoms with Crippen LogP contribution in [0.5, 0.6) is 0 Å². The Balaban J connectivity index is 1.39. The van der Waals surface area contributed by atoms with Crippen LogP contribution in [0, 0.1) is 5.92 Å². The molecule has 0 radical (unpaired) electrons. The number of rotatable bonds is 10. The van der Waals surface area contributed by atoms with Gasteiger partial charge in [-0.2, -0.15) is 0 Å². The van der Waals surface area contributed by atoms with Crippen LogP contribution >= 0.6 is 0 Å². The average Bonchev–Trinajstić information content (AvgIpc) is 3.01. The molecule has 1 saturated carbocycles. The molecular formula is C36H40N4. The van der Waals surface area contributed by atoms with Gasteiger partial charge in [0.05, 0.1) is 0 Å². The Morgan fingerprint density at radius 1 is 0.800 bits per heavy atom. The van der Waals surface area contributed by atoms with Crippen molar-refractivity contribution in [1.82, 2.24) is 4.98 Å². The van der Waals surface area contributed by atoms with Gasteiger partial charge in [-0.1, -0.05) is 87.0 Å². The van der Waals surface area contributed by atoms with E-state index in [4.69, 9.17) is 0 Å². The average molecular weight is 529 g/mol. The summed E-state index contributed by atoms with van der Waals surface area (Å²) in [7, 11) is 4.14. The van der Waals surface area contributed by atoms with Crippen molar-refractivity contribution in [3.05, 3.63) is 127 Å². The Morgan fingerprint density at radius 3 is 2.15 bits per heavy atom. The Kier molecular flexibility index (Phi) is 8.65. The molecule has 0 unspecified atom stereocenters. The van der Waals surface area contributed by atoms with Gasteiger partial charge in [-0.05, 0) is 77.4 Å². The SMILES string of the molecule is C=C(Nc1ccccn1)c1cccc(N(Cc2ccc(-c3ccc(N(C)C)cc3)cc2)C(=C)C2CCCCC2)c1. The first kappa shape index (κ1) is 27.3. The number of benzene rings is 3. The smallest absolute Gasteiger partial charge is 0.130 e. The third kappa shape index (κ3) is 6.63. The highest BCUT2D eigenvalue weighted by Gasteiger charge is 2.22. The number of hydrogen-bond donors (Lipinski definition) is 1. The predicted molar refractivity (Wildman–Crippen MR) is 171 cm³/mol. The summed E-state index contributed by atoms with van der Waals surface area (Å²) in [5.41, 5.74) is 9.15. The molecule has 5 rings (SSSR count). The molecule has 1 aromatic heterocycles. The van der Waals surface area contributed by atoms with Crippen molar-refractivity contribution in [1.29, 1.82) is 0 Å². The molecule has 1 N–H and O–H groups in total. The lowest BCUT2D eigenvalue weighted by Crippen LogP contribution is -2.27. The van der Waals surface area contributed by atoms with Crippen LogP contribution in [-0.2, 0) is 6.54 Å². The molecule has 3 aromatic carbocycles. The van der Waals surface area contributed by atoms with E-state index in [0.29, 0.717) is 5.92 Å². The topological polar surface area (TPSA) is 31.4 Å². The van der Waals surface area contributed by atoms with Crippen LogP contribution in [-0.4, -0.2) is 19.1 Å². The second kappa shape index (κ2) is 12.7. The lowest BCUT2D eigenvalue weighted by molar-refractivity contribution is 0.396. The molecule has 204 valence electrons. The molecule has 0 amide bonds. The lowest BCUT2D eigenvalue weighted by atomic mass is 9.86. The van der Waals surface area contributed by atoms with Crippen LogP contribution in [0.3, 0.4) is 0 Å². The molecule has 40 heavy (non-hydrogen) atoms. The van der Waals surface area contributed by atoms with Crippen LogP contribution in [0.1, 0.15) is 43.2 Å². The van der Waals surface area contributed by atoms with Gasteiger partial charge in [-0.15, -0.1) is 0 Å². The maximum Gasteiger partial charge on any atom is 0.130 e. The number of nitrogens with one attached hydrogen (secondary N) is 1. The maximum absolute atomic E-state index is 4.65. The molecule has 0 aliphatic heterocycles. The van der Waals surface area contributed by atoms with E-state index < -0.39 is 0 Å². The Bertz CT molecular complexity index is 1420. The van der Waals surface area contributed by atoms with E-state index in [1.54, 1.807) is 6.20 Å². The second-order valence-electron chi connectivity index (χ2n) is 10.9. The van der Waals surface area contributed by atoms with E-state index in [1.807, 2.05) is 18.2 Å². The number of hydrogen-bond acceptors (Lipinski definition) is 4. The van der Waals surface area contributed by atoms with Crippen molar-refractivity contribution < 1.29 is 0 Å². The van der Waals surface area contributed by atoms with Crippen molar-refractivity contribution in [2.75, 3.05) is 29.2 Å². The Hall–Kier alpha value is -4.31. The minimum atomic E-state index is 0.515. The zero-order valence-corrected chi connectivity index (χ0v) is 23.8. The third-order valence-electron chi connectivity index (χ3n) is 7.88. The molecule has 4 aromatic rings. The molecule has 1 heterocycles. The zero-order valence-electron chi connectivity index (χ0n) is 23.8.